The van der Waals surface area contributed by atoms with E-state index in [9.17, 15) is 15.0 Å². The zero-order valence-electron chi connectivity index (χ0n) is 23.9. The third-order valence-corrected chi connectivity index (χ3v) is 6.78. The fraction of sp³-hybridized carbons (Fsp3) is 0.774. The summed E-state index contributed by atoms with van der Waals surface area (Å²) in [6.45, 7) is 14.3. The molecule has 0 aliphatic rings. The molecule has 0 aliphatic carbocycles. The van der Waals surface area contributed by atoms with Crippen LogP contribution in [0.2, 0.25) is 0 Å². The van der Waals surface area contributed by atoms with Gasteiger partial charge < -0.3 is 14.9 Å². The molecule has 35 heavy (non-hydrogen) atoms. The van der Waals surface area contributed by atoms with Gasteiger partial charge in [0.1, 0.15) is 17.1 Å². The highest BCUT2D eigenvalue weighted by Crippen LogP contribution is 2.45. The van der Waals surface area contributed by atoms with Crippen molar-refractivity contribution in [2.75, 3.05) is 6.61 Å². The van der Waals surface area contributed by atoms with Crippen LogP contribution < -0.4 is 0 Å². The maximum absolute atomic E-state index is 12.8. The van der Waals surface area contributed by atoms with Gasteiger partial charge in [0.05, 0.1) is 6.61 Å². The lowest BCUT2D eigenvalue weighted by atomic mass is 9.77. The summed E-state index contributed by atoms with van der Waals surface area (Å²) in [5.74, 6) is -0.631. The number of carbonyl (C=O) groups excluding carboxylic acids is 1. The third kappa shape index (κ3) is 11.3. The highest BCUT2D eigenvalue weighted by Gasteiger charge is 2.32. The Morgan fingerprint density at radius 3 is 1.51 bits per heavy atom. The Morgan fingerprint density at radius 2 is 1.11 bits per heavy atom. The van der Waals surface area contributed by atoms with Crippen molar-refractivity contribution in [3.8, 4) is 11.5 Å². The van der Waals surface area contributed by atoms with Crippen molar-refractivity contribution >= 4 is 5.97 Å². The second-order valence-electron chi connectivity index (χ2n) is 12.3. The molecular formula is C31H54O4. The van der Waals surface area contributed by atoms with Crippen LogP contribution in [-0.2, 0) is 15.6 Å². The van der Waals surface area contributed by atoms with Gasteiger partial charge in [-0.2, -0.15) is 0 Å². The average molecular weight is 491 g/mol. The van der Waals surface area contributed by atoms with Crippen molar-refractivity contribution in [2.45, 2.75) is 149 Å². The van der Waals surface area contributed by atoms with Gasteiger partial charge in [-0.05, 0) is 23.3 Å². The van der Waals surface area contributed by atoms with Crippen LogP contribution >= 0.6 is 0 Å². The molecule has 0 heterocycles. The fourth-order valence-corrected chi connectivity index (χ4v) is 4.64. The summed E-state index contributed by atoms with van der Waals surface area (Å²) in [5.41, 5.74) is 0.292. The molecule has 0 spiro atoms. The maximum atomic E-state index is 12.8. The molecule has 1 rings (SSSR count). The van der Waals surface area contributed by atoms with Crippen molar-refractivity contribution in [2.24, 2.45) is 0 Å². The molecule has 0 bridgehead atoms. The predicted molar refractivity (Wildman–Crippen MR) is 148 cm³/mol. The average Bonchev–Trinajstić information content (AvgIpc) is 2.74. The van der Waals surface area contributed by atoms with Gasteiger partial charge in [0.25, 0.3) is 0 Å². The molecule has 1 aromatic rings. The standard InChI is InChI=1S/C31H54O4/c1-8-9-10-11-12-13-14-15-16-17-18-19-20-21-22-35-29(34)24-23-25(30(2,3)4)28(33)26(27(24)32)31(5,6)7/h23,32-33H,8-22H2,1-7H3. The predicted octanol–water partition coefficient (Wildman–Crippen LogP) is 9.33. The van der Waals surface area contributed by atoms with Gasteiger partial charge in [-0.1, -0.05) is 132 Å². The van der Waals surface area contributed by atoms with E-state index in [1.54, 1.807) is 6.07 Å². The molecule has 202 valence electrons. The Morgan fingerprint density at radius 1 is 0.686 bits per heavy atom. The number of carbonyl (C=O) groups is 1. The second kappa shape index (κ2) is 15.4. The summed E-state index contributed by atoms with van der Waals surface area (Å²) >= 11 is 0. The number of rotatable bonds is 16. The molecule has 0 aliphatic heterocycles. The van der Waals surface area contributed by atoms with Crippen LogP contribution in [0, 0.1) is 0 Å². The lowest BCUT2D eigenvalue weighted by Crippen LogP contribution is -2.20. The van der Waals surface area contributed by atoms with Crippen molar-refractivity contribution in [3.63, 3.8) is 0 Å². The number of phenolic OH excluding ortho intramolecular Hbond substituents is 2. The summed E-state index contributed by atoms with van der Waals surface area (Å²) in [6, 6.07) is 1.59. The zero-order valence-corrected chi connectivity index (χ0v) is 23.9. The minimum atomic E-state index is -0.520. The van der Waals surface area contributed by atoms with E-state index in [0.29, 0.717) is 17.7 Å². The number of unbranched alkanes of at least 4 members (excludes halogenated alkanes) is 13. The van der Waals surface area contributed by atoms with Crippen LogP contribution in [0.15, 0.2) is 6.07 Å². The molecule has 0 unspecified atom stereocenters. The zero-order chi connectivity index (χ0) is 26.5. The van der Waals surface area contributed by atoms with Gasteiger partial charge in [0.15, 0.2) is 0 Å². The summed E-state index contributed by atoms with van der Waals surface area (Å²) in [5, 5.41) is 21.7. The van der Waals surface area contributed by atoms with Crippen molar-refractivity contribution in [1.29, 1.82) is 0 Å². The smallest absolute Gasteiger partial charge is 0.341 e. The Balaban J connectivity index is 2.38. The van der Waals surface area contributed by atoms with Crippen molar-refractivity contribution in [1.82, 2.24) is 0 Å². The molecule has 0 saturated heterocycles. The van der Waals surface area contributed by atoms with Gasteiger partial charge >= 0.3 is 5.97 Å². The minimum absolute atomic E-state index is 0.0611. The van der Waals surface area contributed by atoms with Gasteiger partial charge in [0.2, 0.25) is 0 Å². The topological polar surface area (TPSA) is 66.8 Å². The molecule has 0 aromatic heterocycles. The van der Waals surface area contributed by atoms with Crippen molar-refractivity contribution < 1.29 is 19.7 Å². The Kier molecular flexibility index (Phi) is 13.8. The number of hydrogen-bond acceptors (Lipinski definition) is 4. The number of ether oxygens (including phenoxy) is 1. The lowest BCUT2D eigenvalue weighted by Gasteiger charge is -2.29. The van der Waals surface area contributed by atoms with E-state index in [0.717, 1.165) is 12.8 Å². The van der Waals surface area contributed by atoms with Crippen LogP contribution in [0.5, 0.6) is 11.5 Å². The molecule has 4 heteroatoms. The molecule has 2 N–H and O–H groups in total. The first-order valence-electron chi connectivity index (χ1n) is 14.2. The first kappa shape index (κ1) is 31.3. The number of benzene rings is 1. The molecule has 0 atom stereocenters. The summed E-state index contributed by atoms with van der Waals surface area (Å²) in [4.78, 5) is 12.8. The maximum Gasteiger partial charge on any atom is 0.341 e. The van der Waals surface area contributed by atoms with E-state index in [1.165, 1.54) is 77.0 Å². The van der Waals surface area contributed by atoms with Crippen LogP contribution in [0.25, 0.3) is 0 Å². The summed E-state index contributed by atoms with van der Waals surface area (Å²) in [6.07, 6.45) is 17.9. The van der Waals surface area contributed by atoms with Crippen molar-refractivity contribution in [3.05, 3.63) is 22.8 Å². The normalized spacial score (nSPS) is 12.2. The van der Waals surface area contributed by atoms with Gasteiger partial charge in [-0.25, -0.2) is 4.79 Å². The van der Waals surface area contributed by atoms with E-state index in [1.807, 2.05) is 41.5 Å². The molecule has 1 aromatic carbocycles. The van der Waals surface area contributed by atoms with E-state index < -0.39 is 11.4 Å². The summed E-state index contributed by atoms with van der Waals surface area (Å²) < 4.78 is 5.51. The largest absolute Gasteiger partial charge is 0.507 e. The number of aromatic hydroxyl groups is 2. The second-order valence-corrected chi connectivity index (χ2v) is 12.3. The van der Waals surface area contributed by atoms with E-state index >= 15 is 0 Å². The molecule has 0 amide bonds. The highest BCUT2D eigenvalue weighted by atomic mass is 16.5. The van der Waals surface area contributed by atoms with Crippen LogP contribution in [0.4, 0.5) is 0 Å². The first-order chi connectivity index (χ1) is 16.4. The highest BCUT2D eigenvalue weighted by molar-refractivity contribution is 5.94. The van der Waals surface area contributed by atoms with E-state index in [4.69, 9.17) is 4.74 Å². The Hall–Kier alpha value is -1.71. The van der Waals surface area contributed by atoms with Gasteiger partial charge in [-0.3, -0.25) is 0 Å². The summed E-state index contributed by atoms with van der Waals surface area (Å²) in [7, 11) is 0. The molecule has 0 saturated carbocycles. The van der Waals surface area contributed by atoms with E-state index in [-0.39, 0.29) is 22.5 Å². The monoisotopic (exact) mass is 490 g/mol. The van der Waals surface area contributed by atoms with Gasteiger partial charge in [0, 0.05) is 11.1 Å². The first-order valence-corrected chi connectivity index (χ1v) is 14.2. The lowest BCUT2D eigenvalue weighted by molar-refractivity contribution is 0.0494. The Labute approximate surface area is 215 Å². The number of hydrogen-bond donors (Lipinski definition) is 2. The van der Waals surface area contributed by atoms with Crippen LogP contribution in [0.1, 0.15) is 160 Å². The van der Waals surface area contributed by atoms with Crippen LogP contribution in [0.3, 0.4) is 0 Å². The van der Waals surface area contributed by atoms with Gasteiger partial charge in [-0.15, -0.1) is 0 Å². The molecule has 0 radical (unpaired) electrons. The molecule has 0 fully saturated rings. The van der Waals surface area contributed by atoms with Crippen LogP contribution in [-0.4, -0.2) is 22.8 Å². The third-order valence-electron chi connectivity index (χ3n) is 6.78. The SMILES string of the molecule is CCCCCCCCCCCCCCCCOC(=O)c1cc(C(C)(C)C)c(O)c(C(C)(C)C)c1O. The van der Waals surface area contributed by atoms with E-state index in [2.05, 4.69) is 6.92 Å². The fourth-order valence-electron chi connectivity index (χ4n) is 4.64. The number of phenols is 2. The minimum Gasteiger partial charge on any atom is -0.507 e. The Bertz CT molecular complexity index is 753. The molecule has 4 nitrogen and oxygen atoms in total. The quantitative estimate of drug-likeness (QED) is 0.179. The number of esters is 1. The molecular weight excluding hydrogens is 436 g/mol.